The van der Waals surface area contributed by atoms with Gasteiger partial charge in [-0.3, -0.25) is 9.69 Å². The molecule has 0 aromatic heterocycles. The van der Waals surface area contributed by atoms with Gasteiger partial charge < -0.3 is 14.7 Å². The van der Waals surface area contributed by atoms with Gasteiger partial charge in [0.2, 0.25) is 0 Å². The van der Waals surface area contributed by atoms with Crippen LogP contribution in [0.25, 0.3) is 0 Å². The van der Waals surface area contributed by atoms with E-state index in [1.807, 2.05) is 0 Å². The number of hydrogen-bond acceptors (Lipinski definition) is 6. The van der Waals surface area contributed by atoms with Gasteiger partial charge in [0.05, 0.1) is 19.9 Å². The molecular weight excluding hydrogens is 356 g/mol. The van der Waals surface area contributed by atoms with Crippen LogP contribution in [-0.2, 0) is 4.79 Å². The van der Waals surface area contributed by atoms with Crippen molar-refractivity contribution in [1.82, 2.24) is 10.3 Å². The first-order valence-corrected chi connectivity index (χ1v) is 9.28. The highest BCUT2D eigenvalue weighted by Gasteiger charge is 2.19. The molecule has 1 fully saturated rings. The van der Waals surface area contributed by atoms with Crippen LogP contribution in [0.15, 0.2) is 47.6 Å². The molecule has 1 saturated heterocycles. The first kappa shape index (κ1) is 19.7. The largest absolute Gasteiger partial charge is 0.504 e. The Balaban J connectivity index is 1.43. The second-order valence-corrected chi connectivity index (χ2v) is 6.82. The Morgan fingerprint density at radius 2 is 1.89 bits per heavy atom. The van der Waals surface area contributed by atoms with Crippen LogP contribution < -0.4 is 15.1 Å². The van der Waals surface area contributed by atoms with E-state index >= 15 is 0 Å². The lowest BCUT2D eigenvalue weighted by Gasteiger charge is -2.35. The number of aromatic hydroxyl groups is 1. The summed E-state index contributed by atoms with van der Waals surface area (Å²) in [5, 5.41) is 13.7. The molecule has 28 heavy (non-hydrogen) atoms. The van der Waals surface area contributed by atoms with Crippen LogP contribution in [-0.4, -0.2) is 62.0 Å². The second-order valence-electron chi connectivity index (χ2n) is 6.82. The maximum absolute atomic E-state index is 12.1. The van der Waals surface area contributed by atoms with Crippen LogP contribution >= 0.6 is 0 Å². The van der Waals surface area contributed by atoms with Gasteiger partial charge in [0.15, 0.2) is 11.5 Å². The van der Waals surface area contributed by atoms with Gasteiger partial charge in [0.25, 0.3) is 5.91 Å². The number of phenolic OH excluding ortho intramolecular Hbond substituents is 1. The Labute approximate surface area is 165 Å². The van der Waals surface area contributed by atoms with Crippen LogP contribution in [0.5, 0.6) is 11.5 Å². The molecule has 0 aliphatic carbocycles. The molecule has 2 N–H and O–H groups in total. The fourth-order valence-corrected chi connectivity index (χ4v) is 3.12. The van der Waals surface area contributed by atoms with E-state index in [1.165, 1.54) is 30.6 Å². The lowest BCUT2D eigenvalue weighted by molar-refractivity contribution is -0.122. The Hall–Kier alpha value is -3.06. The average molecular weight is 382 g/mol. The Morgan fingerprint density at radius 1 is 1.18 bits per heavy atom. The molecule has 0 saturated carbocycles. The summed E-state index contributed by atoms with van der Waals surface area (Å²) in [6, 6.07) is 13.4. The van der Waals surface area contributed by atoms with E-state index in [9.17, 15) is 9.90 Å². The molecule has 0 radical (unpaired) electrons. The highest BCUT2D eigenvalue weighted by molar-refractivity contribution is 5.83. The van der Waals surface area contributed by atoms with Gasteiger partial charge in [-0.15, -0.1) is 0 Å². The van der Waals surface area contributed by atoms with Gasteiger partial charge in [-0.1, -0.05) is 17.7 Å². The number of hydrogen-bond donors (Lipinski definition) is 2. The summed E-state index contributed by atoms with van der Waals surface area (Å²) in [6.45, 7) is 5.84. The average Bonchev–Trinajstić information content (AvgIpc) is 2.69. The highest BCUT2D eigenvalue weighted by atomic mass is 16.5. The van der Waals surface area contributed by atoms with E-state index < -0.39 is 0 Å². The summed E-state index contributed by atoms with van der Waals surface area (Å²) in [7, 11) is 1.49. The van der Waals surface area contributed by atoms with Crippen LogP contribution in [0.4, 0.5) is 5.69 Å². The monoisotopic (exact) mass is 382 g/mol. The highest BCUT2D eigenvalue weighted by Crippen LogP contribution is 2.25. The van der Waals surface area contributed by atoms with Gasteiger partial charge in [0.1, 0.15) is 0 Å². The molecule has 0 spiro atoms. The van der Waals surface area contributed by atoms with Crippen molar-refractivity contribution >= 4 is 17.8 Å². The summed E-state index contributed by atoms with van der Waals surface area (Å²) in [4.78, 5) is 16.6. The molecule has 2 aromatic carbocycles. The maximum Gasteiger partial charge on any atom is 0.254 e. The number of methoxy groups -OCH3 is 1. The maximum atomic E-state index is 12.1. The number of carbonyl (C=O) groups is 1. The second kappa shape index (κ2) is 9.23. The zero-order valence-corrected chi connectivity index (χ0v) is 16.3. The number of amides is 1. The molecule has 2 aromatic rings. The molecule has 7 nitrogen and oxygen atoms in total. The van der Waals surface area contributed by atoms with Gasteiger partial charge in [-0.25, -0.2) is 5.43 Å². The summed E-state index contributed by atoms with van der Waals surface area (Å²) in [6.07, 6.45) is 1.49. The molecule has 7 heteroatoms. The number of ether oxygens (including phenoxy) is 1. The summed E-state index contributed by atoms with van der Waals surface area (Å²) >= 11 is 0. The van der Waals surface area contributed by atoms with Crippen molar-refractivity contribution in [1.29, 1.82) is 0 Å². The molecule has 1 aliphatic rings. The minimum atomic E-state index is -0.155. The predicted molar refractivity (Wildman–Crippen MR) is 110 cm³/mol. The Kier molecular flexibility index (Phi) is 6.49. The van der Waals surface area contributed by atoms with Gasteiger partial charge in [-0.05, 0) is 42.8 Å². The molecule has 148 valence electrons. The smallest absolute Gasteiger partial charge is 0.254 e. The number of hydrazone groups is 1. The lowest BCUT2D eigenvalue weighted by atomic mass is 10.2. The molecule has 3 rings (SSSR count). The quantitative estimate of drug-likeness (QED) is 0.590. The van der Waals surface area contributed by atoms with E-state index in [4.69, 9.17) is 4.74 Å². The van der Waals surface area contributed by atoms with Crippen molar-refractivity contribution in [3.05, 3.63) is 53.6 Å². The minimum absolute atomic E-state index is 0.0317. The van der Waals surface area contributed by atoms with Gasteiger partial charge in [0, 0.05) is 31.9 Å². The van der Waals surface area contributed by atoms with Crippen molar-refractivity contribution in [2.75, 3.05) is 44.7 Å². The third kappa shape index (κ3) is 5.23. The molecular formula is C21H26N4O3. The van der Waals surface area contributed by atoms with E-state index in [0.717, 1.165) is 26.2 Å². The van der Waals surface area contributed by atoms with Crippen molar-refractivity contribution in [3.63, 3.8) is 0 Å². The number of aryl methyl sites for hydroxylation is 1. The topological polar surface area (TPSA) is 77.4 Å². The number of rotatable bonds is 6. The van der Waals surface area contributed by atoms with Crippen LogP contribution in [0.1, 0.15) is 11.1 Å². The van der Waals surface area contributed by atoms with Crippen molar-refractivity contribution in [2.24, 2.45) is 5.10 Å². The number of carbonyl (C=O) groups excluding carboxylic acids is 1. The Morgan fingerprint density at radius 3 is 2.54 bits per heavy atom. The molecule has 1 aliphatic heterocycles. The van der Waals surface area contributed by atoms with Gasteiger partial charge in [-0.2, -0.15) is 5.10 Å². The molecule has 0 atom stereocenters. The lowest BCUT2D eigenvalue weighted by Crippen LogP contribution is -2.49. The summed E-state index contributed by atoms with van der Waals surface area (Å²) in [5.74, 6) is 0.271. The molecule has 0 unspecified atom stereocenters. The summed E-state index contributed by atoms with van der Waals surface area (Å²) in [5.41, 5.74) is 5.69. The SMILES string of the molecule is COc1ccc(/C=N/NC(=O)CN2CCN(c3ccc(C)cc3)CC2)cc1O. The van der Waals surface area contributed by atoms with E-state index in [1.54, 1.807) is 12.1 Å². The van der Waals surface area contributed by atoms with E-state index in [-0.39, 0.29) is 11.7 Å². The zero-order chi connectivity index (χ0) is 19.9. The van der Waals surface area contributed by atoms with Crippen molar-refractivity contribution in [2.45, 2.75) is 6.92 Å². The predicted octanol–water partition coefficient (Wildman–Crippen LogP) is 1.98. The van der Waals surface area contributed by atoms with Gasteiger partial charge >= 0.3 is 0 Å². The van der Waals surface area contributed by atoms with E-state index in [0.29, 0.717) is 17.9 Å². The number of anilines is 1. The number of benzene rings is 2. The number of nitrogens with one attached hydrogen (secondary N) is 1. The summed E-state index contributed by atoms with van der Waals surface area (Å²) < 4.78 is 4.99. The number of phenols is 1. The van der Waals surface area contributed by atoms with Crippen molar-refractivity contribution < 1.29 is 14.6 Å². The number of nitrogens with zero attached hydrogens (tertiary/aromatic N) is 3. The standard InChI is InChI=1S/C21H26N4O3/c1-16-3-6-18(7-4-16)25-11-9-24(10-12-25)15-21(27)23-22-14-17-5-8-20(28-2)19(26)13-17/h3-8,13-14,26H,9-12,15H2,1-2H3,(H,23,27)/b22-14+. The molecule has 0 bridgehead atoms. The first-order valence-electron chi connectivity index (χ1n) is 9.28. The molecule has 1 heterocycles. The third-order valence-corrected chi connectivity index (χ3v) is 4.74. The fourth-order valence-electron chi connectivity index (χ4n) is 3.12. The van der Waals surface area contributed by atoms with Crippen LogP contribution in [0.2, 0.25) is 0 Å². The van der Waals surface area contributed by atoms with E-state index in [2.05, 4.69) is 51.5 Å². The fraction of sp³-hybridized carbons (Fsp3) is 0.333. The minimum Gasteiger partial charge on any atom is -0.504 e. The third-order valence-electron chi connectivity index (χ3n) is 4.74. The molecule has 1 amide bonds. The number of piperazine rings is 1. The van der Waals surface area contributed by atoms with Crippen LogP contribution in [0.3, 0.4) is 0 Å². The first-order chi connectivity index (χ1) is 13.5. The zero-order valence-electron chi connectivity index (χ0n) is 16.3. The normalized spacial score (nSPS) is 15.0. The van der Waals surface area contributed by atoms with Crippen molar-refractivity contribution in [3.8, 4) is 11.5 Å². The van der Waals surface area contributed by atoms with Crippen LogP contribution in [0, 0.1) is 6.92 Å². The Bertz CT molecular complexity index is 828.